The molecular formula is C19H11N3S. The number of pyridine rings is 1. The van der Waals surface area contributed by atoms with Crippen LogP contribution in [0.15, 0.2) is 67.1 Å². The molecule has 0 unspecified atom stereocenters. The van der Waals surface area contributed by atoms with E-state index in [-0.39, 0.29) is 0 Å². The van der Waals surface area contributed by atoms with Gasteiger partial charge in [-0.3, -0.25) is 0 Å². The average molecular weight is 313 g/mol. The van der Waals surface area contributed by atoms with Crippen LogP contribution in [0.5, 0.6) is 0 Å². The Morgan fingerprint density at radius 3 is 2.78 bits per heavy atom. The highest BCUT2D eigenvalue weighted by molar-refractivity contribution is 7.25. The third-order valence-corrected chi connectivity index (χ3v) is 5.11. The molecule has 0 amide bonds. The molecule has 108 valence electrons. The first-order chi connectivity index (χ1) is 11.4. The molecule has 0 saturated heterocycles. The number of fused-ring (bicyclic) bond motifs is 4. The Bertz CT molecular complexity index is 1180. The zero-order valence-corrected chi connectivity index (χ0v) is 12.9. The maximum Gasteiger partial charge on any atom is 0.116 e. The van der Waals surface area contributed by atoms with E-state index in [1.807, 2.05) is 24.4 Å². The lowest BCUT2D eigenvalue weighted by atomic mass is 10.0. The van der Waals surface area contributed by atoms with Crippen LogP contribution in [0, 0.1) is 0 Å². The van der Waals surface area contributed by atoms with Crippen molar-refractivity contribution in [3.8, 4) is 11.3 Å². The molecule has 2 aromatic carbocycles. The fourth-order valence-electron chi connectivity index (χ4n) is 2.99. The van der Waals surface area contributed by atoms with Crippen LogP contribution in [-0.2, 0) is 0 Å². The fourth-order valence-corrected chi connectivity index (χ4v) is 4.04. The number of hydrogen-bond donors (Lipinski definition) is 0. The van der Waals surface area contributed by atoms with Crippen molar-refractivity contribution >= 4 is 42.5 Å². The Morgan fingerprint density at radius 2 is 1.78 bits per heavy atom. The van der Waals surface area contributed by atoms with E-state index in [1.54, 1.807) is 17.7 Å². The lowest BCUT2D eigenvalue weighted by Gasteiger charge is -2.05. The van der Waals surface area contributed by atoms with Crippen LogP contribution >= 0.6 is 11.3 Å². The van der Waals surface area contributed by atoms with Crippen molar-refractivity contribution in [1.82, 2.24) is 15.0 Å². The van der Waals surface area contributed by atoms with Crippen LogP contribution in [0.2, 0.25) is 0 Å². The zero-order valence-electron chi connectivity index (χ0n) is 12.1. The molecule has 0 radical (unpaired) electrons. The standard InChI is InChI=1S/C19H11N3S/c1-2-6-14-12(4-1)8-9-15(22-14)13-5-3-7-16-18(13)19-17(23-16)10-20-11-21-19/h1-11H. The highest BCUT2D eigenvalue weighted by Crippen LogP contribution is 2.38. The van der Waals surface area contributed by atoms with Crippen molar-refractivity contribution in [3.63, 3.8) is 0 Å². The summed E-state index contributed by atoms with van der Waals surface area (Å²) in [6.07, 6.45) is 3.49. The molecule has 0 aliphatic carbocycles. The van der Waals surface area contributed by atoms with Crippen molar-refractivity contribution in [2.24, 2.45) is 0 Å². The van der Waals surface area contributed by atoms with E-state index in [2.05, 4.69) is 46.4 Å². The number of hydrogen-bond acceptors (Lipinski definition) is 4. The molecule has 5 rings (SSSR count). The topological polar surface area (TPSA) is 38.7 Å². The molecule has 0 saturated carbocycles. The van der Waals surface area contributed by atoms with Gasteiger partial charge in [0.05, 0.1) is 21.4 Å². The van der Waals surface area contributed by atoms with E-state index in [1.165, 1.54) is 4.70 Å². The van der Waals surface area contributed by atoms with Gasteiger partial charge in [0.2, 0.25) is 0 Å². The first kappa shape index (κ1) is 12.7. The largest absolute Gasteiger partial charge is 0.248 e. The fraction of sp³-hybridized carbons (Fsp3) is 0. The molecule has 3 aromatic heterocycles. The summed E-state index contributed by atoms with van der Waals surface area (Å²) in [7, 11) is 0. The van der Waals surface area contributed by atoms with Gasteiger partial charge in [0.15, 0.2) is 0 Å². The number of para-hydroxylation sites is 1. The van der Waals surface area contributed by atoms with E-state index in [9.17, 15) is 0 Å². The van der Waals surface area contributed by atoms with Gasteiger partial charge in [-0.2, -0.15) is 0 Å². The average Bonchev–Trinajstić information content (AvgIpc) is 3.00. The zero-order chi connectivity index (χ0) is 15.2. The van der Waals surface area contributed by atoms with Crippen molar-refractivity contribution in [1.29, 1.82) is 0 Å². The van der Waals surface area contributed by atoms with Crippen LogP contribution in [0.1, 0.15) is 0 Å². The maximum absolute atomic E-state index is 4.84. The van der Waals surface area contributed by atoms with Crippen molar-refractivity contribution < 1.29 is 0 Å². The first-order valence-corrected chi connectivity index (χ1v) is 8.19. The highest BCUT2D eigenvalue weighted by atomic mass is 32.1. The number of nitrogens with zero attached hydrogens (tertiary/aromatic N) is 3. The molecule has 0 fully saturated rings. The highest BCUT2D eigenvalue weighted by Gasteiger charge is 2.12. The van der Waals surface area contributed by atoms with Gasteiger partial charge in [-0.25, -0.2) is 15.0 Å². The van der Waals surface area contributed by atoms with E-state index in [0.717, 1.165) is 37.8 Å². The van der Waals surface area contributed by atoms with Gasteiger partial charge in [0.1, 0.15) is 6.33 Å². The second-order valence-corrected chi connectivity index (χ2v) is 6.49. The first-order valence-electron chi connectivity index (χ1n) is 7.37. The SMILES string of the molecule is c1ccc2nc(-c3cccc4sc5cncnc5c34)ccc2c1. The van der Waals surface area contributed by atoms with Crippen molar-refractivity contribution in [3.05, 3.63) is 67.1 Å². The van der Waals surface area contributed by atoms with E-state index in [4.69, 9.17) is 4.98 Å². The van der Waals surface area contributed by atoms with Crippen LogP contribution in [0.3, 0.4) is 0 Å². The summed E-state index contributed by atoms with van der Waals surface area (Å²) in [5, 5.41) is 2.32. The van der Waals surface area contributed by atoms with E-state index < -0.39 is 0 Å². The van der Waals surface area contributed by atoms with Gasteiger partial charge in [-0.05, 0) is 18.2 Å². The second kappa shape index (κ2) is 4.83. The van der Waals surface area contributed by atoms with Crippen molar-refractivity contribution in [2.75, 3.05) is 0 Å². The minimum Gasteiger partial charge on any atom is -0.248 e. The Morgan fingerprint density at radius 1 is 0.826 bits per heavy atom. The summed E-state index contributed by atoms with van der Waals surface area (Å²) in [5.74, 6) is 0. The minimum atomic E-state index is 0.979. The Kier molecular flexibility index (Phi) is 2.66. The summed E-state index contributed by atoms with van der Waals surface area (Å²) in [6, 6.07) is 18.7. The molecule has 0 aliphatic heterocycles. The monoisotopic (exact) mass is 313 g/mol. The summed E-state index contributed by atoms with van der Waals surface area (Å²) >= 11 is 1.72. The van der Waals surface area contributed by atoms with Gasteiger partial charge < -0.3 is 0 Å². The summed E-state index contributed by atoms with van der Waals surface area (Å²) in [4.78, 5) is 13.5. The van der Waals surface area contributed by atoms with E-state index >= 15 is 0 Å². The minimum absolute atomic E-state index is 0.979. The number of rotatable bonds is 1. The quantitative estimate of drug-likeness (QED) is 0.434. The molecule has 23 heavy (non-hydrogen) atoms. The van der Waals surface area contributed by atoms with Gasteiger partial charge in [0.25, 0.3) is 0 Å². The molecule has 0 N–H and O–H groups in total. The predicted octanol–water partition coefficient (Wildman–Crippen LogP) is 5.06. The van der Waals surface area contributed by atoms with Crippen LogP contribution in [0.25, 0.3) is 42.5 Å². The van der Waals surface area contributed by atoms with E-state index in [0.29, 0.717) is 0 Å². The lowest BCUT2D eigenvalue weighted by Crippen LogP contribution is -1.86. The molecular weight excluding hydrogens is 302 g/mol. The van der Waals surface area contributed by atoms with Crippen molar-refractivity contribution in [2.45, 2.75) is 0 Å². The molecule has 3 nitrogen and oxygen atoms in total. The molecule has 5 aromatic rings. The summed E-state index contributed by atoms with van der Waals surface area (Å²) in [6.45, 7) is 0. The van der Waals surface area contributed by atoms with Gasteiger partial charge >= 0.3 is 0 Å². The Labute approximate surface area is 136 Å². The summed E-state index contributed by atoms with van der Waals surface area (Å²) in [5.41, 5.74) is 4.12. The molecule has 4 heteroatoms. The smallest absolute Gasteiger partial charge is 0.116 e. The van der Waals surface area contributed by atoms with Gasteiger partial charge in [-0.15, -0.1) is 11.3 Å². The number of aromatic nitrogens is 3. The lowest BCUT2D eigenvalue weighted by molar-refractivity contribution is 1.23. The third kappa shape index (κ3) is 1.92. The summed E-state index contributed by atoms with van der Waals surface area (Å²) < 4.78 is 2.32. The third-order valence-electron chi connectivity index (χ3n) is 4.04. The van der Waals surface area contributed by atoms with Crippen LogP contribution in [0.4, 0.5) is 0 Å². The Hall–Kier alpha value is -2.85. The molecule has 0 bridgehead atoms. The van der Waals surface area contributed by atoms with Crippen LogP contribution in [-0.4, -0.2) is 15.0 Å². The second-order valence-electron chi connectivity index (χ2n) is 5.41. The van der Waals surface area contributed by atoms with Gasteiger partial charge in [0, 0.05) is 27.2 Å². The normalized spacial score (nSPS) is 11.5. The molecule has 0 aliphatic rings. The Balaban J connectivity index is 1.87. The predicted molar refractivity (Wildman–Crippen MR) is 95.7 cm³/mol. The number of benzene rings is 2. The van der Waals surface area contributed by atoms with Gasteiger partial charge in [-0.1, -0.05) is 36.4 Å². The molecule has 0 spiro atoms. The number of thiophene rings is 1. The van der Waals surface area contributed by atoms with Crippen LogP contribution < -0.4 is 0 Å². The maximum atomic E-state index is 4.84. The molecule has 0 atom stereocenters. The molecule has 3 heterocycles.